The number of nitrogens with zero attached hydrogens (tertiary/aromatic N) is 1. The second kappa shape index (κ2) is 6.00. The standard InChI is InChI=1S/C12H16N2O4/c1-3-9(4-2)13-12(16)8-5-10(14(17)18)7-11(15)6-8/h5-7,9,15H,3-4H2,1-2H3,(H,13,16). The Morgan fingerprint density at radius 3 is 2.50 bits per heavy atom. The predicted molar refractivity (Wildman–Crippen MR) is 66.6 cm³/mol. The molecule has 0 bridgehead atoms. The Morgan fingerprint density at radius 2 is 2.00 bits per heavy atom. The zero-order valence-electron chi connectivity index (χ0n) is 10.3. The van der Waals surface area contributed by atoms with Gasteiger partial charge in [0.25, 0.3) is 11.6 Å². The molecule has 2 N–H and O–H groups in total. The van der Waals surface area contributed by atoms with Crippen molar-refractivity contribution >= 4 is 11.6 Å². The monoisotopic (exact) mass is 252 g/mol. The number of aromatic hydroxyl groups is 1. The maximum absolute atomic E-state index is 11.9. The third kappa shape index (κ3) is 3.44. The number of hydrogen-bond donors (Lipinski definition) is 2. The van der Waals surface area contributed by atoms with Crippen LogP contribution in [-0.4, -0.2) is 22.0 Å². The quantitative estimate of drug-likeness (QED) is 0.620. The van der Waals surface area contributed by atoms with Crippen LogP contribution in [0.15, 0.2) is 18.2 Å². The molecule has 0 spiro atoms. The molecule has 1 aromatic carbocycles. The molecule has 0 fully saturated rings. The summed E-state index contributed by atoms with van der Waals surface area (Å²) in [5, 5.41) is 22.7. The highest BCUT2D eigenvalue weighted by molar-refractivity contribution is 5.95. The van der Waals surface area contributed by atoms with E-state index in [0.717, 1.165) is 25.0 Å². The van der Waals surface area contributed by atoms with E-state index in [1.807, 2.05) is 13.8 Å². The van der Waals surface area contributed by atoms with E-state index in [0.29, 0.717) is 0 Å². The molecule has 0 radical (unpaired) electrons. The molecule has 0 aliphatic carbocycles. The van der Waals surface area contributed by atoms with Crippen LogP contribution < -0.4 is 5.32 Å². The van der Waals surface area contributed by atoms with Crippen molar-refractivity contribution in [2.75, 3.05) is 0 Å². The van der Waals surface area contributed by atoms with Crippen molar-refractivity contribution in [2.24, 2.45) is 0 Å². The minimum Gasteiger partial charge on any atom is -0.508 e. The topological polar surface area (TPSA) is 92.5 Å². The number of phenols is 1. The third-order valence-corrected chi connectivity index (χ3v) is 2.70. The van der Waals surface area contributed by atoms with Crippen LogP contribution in [0, 0.1) is 10.1 Å². The SMILES string of the molecule is CCC(CC)NC(=O)c1cc(O)cc([N+](=O)[O-])c1. The van der Waals surface area contributed by atoms with Crippen molar-refractivity contribution in [2.45, 2.75) is 32.7 Å². The molecule has 1 amide bonds. The van der Waals surface area contributed by atoms with Crippen LogP contribution in [0.3, 0.4) is 0 Å². The second-order valence-corrected chi connectivity index (χ2v) is 3.98. The number of hydrogen-bond acceptors (Lipinski definition) is 4. The van der Waals surface area contributed by atoms with Crippen molar-refractivity contribution < 1.29 is 14.8 Å². The van der Waals surface area contributed by atoms with E-state index >= 15 is 0 Å². The lowest BCUT2D eigenvalue weighted by molar-refractivity contribution is -0.385. The highest BCUT2D eigenvalue weighted by Crippen LogP contribution is 2.21. The minimum atomic E-state index is -0.645. The van der Waals surface area contributed by atoms with Crippen LogP contribution in [0.5, 0.6) is 5.75 Å². The molecule has 0 saturated carbocycles. The van der Waals surface area contributed by atoms with Crippen molar-refractivity contribution in [3.63, 3.8) is 0 Å². The number of phenolic OH excluding ortho intramolecular Hbond substituents is 1. The van der Waals surface area contributed by atoms with Gasteiger partial charge in [-0.3, -0.25) is 14.9 Å². The fourth-order valence-corrected chi connectivity index (χ4v) is 1.59. The van der Waals surface area contributed by atoms with Gasteiger partial charge in [-0.2, -0.15) is 0 Å². The largest absolute Gasteiger partial charge is 0.508 e. The number of rotatable bonds is 5. The van der Waals surface area contributed by atoms with Gasteiger partial charge in [-0.25, -0.2) is 0 Å². The summed E-state index contributed by atoms with van der Waals surface area (Å²) in [5.74, 6) is -0.707. The fourth-order valence-electron chi connectivity index (χ4n) is 1.59. The molecular weight excluding hydrogens is 236 g/mol. The van der Waals surface area contributed by atoms with Crippen LogP contribution in [0.2, 0.25) is 0 Å². The first-order valence-corrected chi connectivity index (χ1v) is 5.77. The molecule has 98 valence electrons. The average Bonchev–Trinajstić information content (AvgIpc) is 2.34. The van der Waals surface area contributed by atoms with Gasteiger partial charge >= 0.3 is 0 Å². The van der Waals surface area contributed by atoms with Crippen LogP contribution in [0.1, 0.15) is 37.0 Å². The average molecular weight is 252 g/mol. The lowest BCUT2D eigenvalue weighted by Gasteiger charge is -2.14. The number of non-ortho nitro benzene ring substituents is 1. The molecule has 6 nitrogen and oxygen atoms in total. The molecule has 0 unspecified atom stereocenters. The highest BCUT2D eigenvalue weighted by Gasteiger charge is 2.16. The van der Waals surface area contributed by atoms with Gasteiger partial charge in [0.1, 0.15) is 5.75 Å². The molecule has 0 saturated heterocycles. The van der Waals surface area contributed by atoms with Crippen LogP contribution in [-0.2, 0) is 0 Å². The smallest absolute Gasteiger partial charge is 0.273 e. The minimum absolute atomic E-state index is 0.0268. The molecule has 0 aliphatic rings. The number of nitro groups is 1. The summed E-state index contributed by atoms with van der Waals surface area (Å²) in [4.78, 5) is 21.8. The van der Waals surface area contributed by atoms with E-state index < -0.39 is 10.8 Å². The van der Waals surface area contributed by atoms with Gasteiger partial charge in [-0.15, -0.1) is 0 Å². The Labute approximate surface area is 105 Å². The second-order valence-electron chi connectivity index (χ2n) is 3.98. The molecule has 0 aromatic heterocycles. The summed E-state index contributed by atoms with van der Waals surface area (Å²) in [6, 6.07) is 3.40. The third-order valence-electron chi connectivity index (χ3n) is 2.70. The number of amides is 1. The molecule has 0 aliphatic heterocycles. The molecule has 0 heterocycles. The molecule has 18 heavy (non-hydrogen) atoms. The van der Waals surface area contributed by atoms with E-state index in [1.54, 1.807) is 0 Å². The van der Waals surface area contributed by atoms with Crippen molar-refractivity contribution in [1.82, 2.24) is 5.32 Å². The maximum Gasteiger partial charge on any atom is 0.273 e. The number of carbonyl (C=O) groups excluding carboxylic acids is 1. The van der Waals surface area contributed by atoms with E-state index in [9.17, 15) is 20.0 Å². The lowest BCUT2D eigenvalue weighted by Crippen LogP contribution is -2.33. The summed E-state index contributed by atoms with van der Waals surface area (Å²) < 4.78 is 0. The predicted octanol–water partition coefficient (Wildman–Crippen LogP) is 2.22. The van der Waals surface area contributed by atoms with Gasteiger partial charge in [0.05, 0.1) is 11.0 Å². The summed E-state index contributed by atoms with van der Waals surface area (Å²) in [6.45, 7) is 3.89. The van der Waals surface area contributed by atoms with Crippen molar-refractivity contribution in [3.05, 3.63) is 33.9 Å². The van der Waals surface area contributed by atoms with Crippen LogP contribution in [0.4, 0.5) is 5.69 Å². The molecule has 1 rings (SSSR count). The molecule has 6 heteroatoms. The van der Waals surface area contributed by atoms with Gasteiger partial charge in [0.15, 0.2) is 0 Å². The zero-order chi connectivity index (χ0) is 13.7. The Hall–Kier alpha value is -2.11. The summed E-state index contributed by atoms with van der Waals surface area (Å²) in [6.07, 6.45) is 1.56. The Balaban J connectivity index is 2.95. The van der Waals surface area contributed by atoms with E-state index in [1.165, 1.54) is 6.07 Å². The molecular formula is C12H16N2O4. The first-order valence-electron chi connectivity index (χ1n) is 5.77. The fraction of sp³-hybridized carbons (Fsp3) is 0.417. The summed E-state index contributed by atoms with van der Waals surface area (Å²) >= 11 is 0. The summed E-state index contributed by atoms with van der Waals surface area (Å²) in [5.41, 5.74) is -0.210. The van der Waals surface area contributed by atoms with E-state index in [4.69, 9.17) is 0 Å². The highest BCUT2D eigenvalue weighted by atomic mass is 16.6. The maximum atomic E-state index is 11.9. The van der Waals surface area contributed by atoms with Crippen LogP contribution >= 0.6 is 0 Å². The first-order chi connectivity index (χ1) is 8.47. The van der Waals surface area contributed by atoms with Crippen molar-refractivity contribution in [1.29, 1.82) is 0 Å². The van der Waals surface area contributed by atoms with E-state index in [2.05, 4.69) is 5.32 Å². The van der Waals surface area contributed by atoms with E-state index in [-0.39, 0.29) is 23.0 Å². The zero-order valence-corrected chi connectivity index (χ0v) is 10.3. The van der Waals surface area contributed by atoms with Gasteiger partial charge in [0, 0.05) is 17.7 Å². The number of carbonyl (C=O) groups is 1. The Bertz CT molecular complexity index is 455. The molecule has 0 atom stereocenters. The number of nitro benzene ring substituents is 1. The van der Waals surface area contributed by atoms with Gasteiger partial charge < -0.3 is 10.4 Å². The van der Waals surface area contributed by atoms with Gasteiger partial charge in [-0.1, -0.05) is 13.8 Å². The van der Waals surface area contributed by atoms with Gasteiger partial charge in [-0.05, 0) is 18.9 Å². The van der Waals surface area contributed by atoms with Crippen molar-refractivity contribution in [3.8, 4) is 5.75 Å². The first kappa shape index (κ1) is 14.0. The Kier molecular flexibility index (Phi) is 4.65. The summed E-state index contributed by atoms with van der Waals surface area (Å²) in [7, 11) is 0. The lowest BCUT2D eigenvalue weighted by atomic mass is 10.1. The normalized spacial score (nSPS) is 10.4. The number of benzene rings is 1. The van der Waals surface area contributed by atoms with Gasteiger partial charge in [0.2, 0.25) is 0 Å². The molecule has 1 aromatic rings. The van der Waals surface area contributed by atoms with Crippen LogP contribution in [0.25, 0.3) is 0 Å². The Morgan fingerprint density at radius 1 is 1.39 bits per heavy atom. The number of nitrogens with one attached hydrogen (secondary N) is 1.